The second kappa shape index (κ2) is 9.58. The zero-order valence-electron chi connectivity index (χ0n) is 19.1. The lowest BCUT2D eigenvalue weighted by Gasteiger charge is -2.17. The van der Waals surface area contributed by atoms with Gasteiger partial charge >= 0.3 is 5.69 Å². The third kappa shape index (κ3) is 5.31. The zero-order valence-corrected chi connectivity index (χ0v) is 19.8. The highest BCUT2D eigenvalue weighted by Gasteiger charge is 2.22. The molecule has 2 aromatic heterocycles. The molecule has 3 aromatic rings. The molecule has 0 unspecified atom stereocenters. The Kier molecular flexibility index (Phi) is 7.02. The minimum absolute atomic E-state index is 0.0141. The molecular weight excluding hydrogens is 446 g/mol. The van der Waals surface area contributed by atoms with Gasteiger partial charge < -0.3 is 10.6 Å². The summed E-state index contributed by atoms with van der Waals surface area (Å²) in [5.74, 6) is -0.883. The van der Waals surface area contributed by atoms with Crippen LogP contribution in [0.5, 0.6) is 0 Å². The van der Waals surface area contributed by atoms with Crippen LogP contribution in [-0.4, -0.2) is 26.3 Å². The van der Waals surface area contributed by atoms with Gasteiger partial charge in [0, 0.05) is 24.2 Å². The van der Waals surface area contributed by atoms with Crippen molar-refractivity contribution >= 4 is 45.8 Å². The summed E-state index contributed by atoms with van der Waals surface area (Å²) in [5, 5.41) is 5.73. The number of rotatable bonds is 6. The van der Waals surface area contributed by atoms with Crippen molar-refractivity contribution in [3.63, 3.8) is 0 Å². The molecule has 10 heteroatoms. The van der Waals surface area contributed by atoms with Crippen LogP contribution in [-0.2, 0) is 11.3 Å². The van der Waals surface area contributed by atoms with Gasteiger partial charge in [0.2, 0.25) is 5.91 Å². The van der Waals surface area contributed by atoms with E-state index in [0.717, 1.165) is 0 Å². The first-order chi connectivity index (χ1) is 15.5. The van der Waals surface area contributed by atoms with Crippen molar-refractivity contribution in [2.75, 3.05) is 10.6 Å². The van der Waals surface area contributed by atoms with E-state index in [1.807, 2.05) is 27.7 Å². The maximum atomic E-state index is 13.4. The molecule has 0 aliphatic carbocycles. The number of nitrogens with one attached hydrogen (secondary N) is 3. The molecule has 0 saturated heterocycles. The van der Waals surface area contributed by atoms with E-state index in [9.17, 15) is 19.2 Å². The van der Waals surface area contributed by atoms with Crippen LogP contribution in [0, 0.1) is 5.92 Å². The van der Waals surface area contributed by atoms with E-state index in [1.165, 1.54) is 17.6 Å². The zero-order chi connectivity index (χ0) is 24.4. The highest BCUT2D eigenvalue weighted by Crippen LogP contribution is 2.27. The molecule has 33 heavy (non-hydrogen) atoms. The molecule has 2 amide bonds. The Balaban J connectivity index is 2.24. The van der Waals surface area contributed by atoms with Crippen molar-refractivity contribution in [2.45, 2.75) is 47.1 Å². The number of hydrogen-bond donors (Lipinski definition) is 3. The molecule has 9 nitrogen and oxygen atoms in total. The number of benzene rings is 1. The second-order valence-electron chi connectivity index (χ2n) is 8.54. The van der Waals surface area contributed by atoms with Crippen molar-refractivity contribution < 1.29 is 9.59 Å². The fourth-order valence-electron chi connectivity index (χ4n) is 3.41. The number of anilines is 2. The minimum atomic E-state index is -0.698. The molecule has 0 atom stereocenters. The van der Waals surface area contributed by atoms with Gasteiger partial charge in [-0.05, 0) is 36.1 Å². The summed E-state index contributed by atoms with van der Waals surface area (Å²) in [7, 11) is 0. The van der Waals surface area contributed by atoms with E-state index in [0.29, 0.717) is 22.9 Å². The molecule has 0 saturated carbocycles. The topological polar surface area (TPSA) is 126 Å². The molecule has 3 rings (SSSR count). The number of H-pyrrole nitrogens is 1. The Hall–Kier alpha value is -3.46. The average molecular weight is 472 g/mol. The largest absolute Gasteiger partial charge is 0.330 e. The highest BCUT2D eigenvalue weighted by atomic mass is 35.5. The number of amides is 2. The third-order valence-electron chi connectivity index (χ3n) is 4.89. The fourth-order valence-corrected chi connectivity index (χ4v) is 3.58. The van der Waals surface area contributed by atoms with Crippen LogP contribution < -0.4 is 21.9 Å². The van der Waals surface area contributed by atoms with Crippen LogP contribution in [0.1, 0.15) is 56.6 Å². The predicted molar refractivity (Wildman–Crippen MR) is 129 cm³/mol. The van der Waals surface area contributed by atoms with Crippen LogP contribution in [0.15, 0.2) is 33.9 Å². The van der Waals surface area contributed by atoms with E-state index in [1.54, 1.807) is 18.2 Å². The number of aromatic amines is 1. The van der Waals surface area contributed by atoms with Crippen molar-refractivity contribution in [1.29, 1.82) is 0 Å². The highest BCUT2D eigenvalue weighted by molar-refractivity contribution is 6.31. The Morgan fingerprint density at radius 1 is 1.09 bits per heavy atom. The molecule has 3 N–H and O–H groups in total. The first kappa shape index (κ1) is 24.2. The van der Waals surface area contributed by atoms with Crippen LogP contribution in [0.25, 0.3) is 11.0 Å². The summed E-state index contributed by atoms with van der Waals surface area (Å²) in [5.41, 5.74) is 0.125. The van der Waals surface area contributed by atoms with Crippen LogP contribution >= 0.6 is 11.6 Å². The smallest absolute Gasteiger partial charge is 0.325 e. The van der Waals surface area contributed by atoms with E-state index < -0.39 is 17.2 Å². The predicted octanol–water partition coefficient (Wildman–Crippen LogP) is 3.73. The Bertz CT molecular complexity index is 1360. The monoisotopic (exact) mass is 471 g/mol. The third-order valence-corrected chi connectivity index (χ3v) is 5.13. The van der Waals surface area contributed by atoms with Gasteiger partial charge in [-0.2, -0.15) is 0 Å². The number of carbonyl (C=O) groups excluding carboxylic acids is 2. The molecule has 174 valence electrons. The van der Waals surface area contributed by atoms with E-state index in [4.69, 9.17) is 11.6 Å². The van der Waals surface area contributed by atoms with Crippen LogP contribution in [0.3, 0.4) is 0 Å². The molecule has 0 spiro atoms. The van der Waals surface area contributed by atoms with E-state index in [2.05, 4.69) is 20.6 Å². The van der Waals surface area contributed by atoms with Gasteiger partial charge in [0.1, 0.15) is 0 Å². The first-order valence-corrected chi connectivity index (χ1v) is 10.9. The second-order valence-corrected chi connectivity index (χ2v) is 8.97. The molecule has 0 aliphatic heterocycles. The van der Waals surface area contributed by atoms with Crippen LogP contribution in [0.2, 0.25) is 5.02 Å². The molecule has 0 fully saturated rings. The Morgan fingerprint density at radius 2 is 1.79 bits per heavy atom. The SMILES string of the molecule is CC(=O)Nc1ccc(Cl)cc1NC(=O)c1cc(C(C)C)nc2c1c(=O)[nH]c(=O)n2CC(C)C. The van der Waals surface area contributed by atoms with E-state index >= 15 is 0 Å². The standard InChI is InChI=1S/C23H26ClN5O4/c1-11(2)10-29-20-19(22(32)28-23(29)33)15(9-17(26-20)12(3)4)21(31)27-18-8-14(24)6-7-16(18)25-13(5)30/h6-9,11-12H,10H2,1-5H3,(H,25,30)(H,27,31)(H,28,32,33). The van der Waals surface area contributed by atoms with Crippen LogP contribution in [0.4, 0.5) is 11.4 Å². The lowest BCUT2D eigenvalue weighted by atomic mass is 10.0. The van der Waals surface area contributed by atoms with Crippen molar-refractivity contribution in [2.24, 2.45) is 5.92 Å². The summed E-state index contributed by atoms with van der Waals surface area (Å²) in [4.78, 5) is 57.1. The van der Waals surface area contributed by atoms with Gasteiger partial charge in [-0.15, -0.1) is 0 Å². The Labute approximate surface area is 195 Å². The number of fused-ring (bicyclic) bond motifs is 1. The maximum Gasteiger partial charge on any atom is 0.330 e. The van der Waals surface area contributed by atoms with Crippen molar-refractivity contribution in [3.8, 4) is 0 Å². The van der Waals surface area contributed by atoms with Gasteiger partial charge in [-0.25, -0.2) is 9.78 Å². The molecule has 0 aliphatic rings. The molecular formula is C23H26ClN5O4. The minimum Gasteiger partial charge on any atom is -0.325 e. The van der Waals surface area contributed by atoms with Gasteiger partial charge in [0.25, 0.3) is 11.5 Å². The fraction of sp³-hybridized carbons (Fsp3) is 0.348. The normalized spacial score (nSPS) is 11.3. The summed E-state index contributed by atoms with van der Waals surface area (Å²) >= 11 is 6.09. The molecule has 2 heterocycles. The summed E-state index contributed by atoms with van der Waals surface area (Å²) in [6, 6.07) is 6.19. The first-order valence-electron chi connectivity index (χ1n) is 10.5. The summed E-state index contributed by atoms with van der Waals surface area (Å²) in [6.45, 7) is 9.35. The molecule has 1 aromatic carbocycles. The van der Waals surface area contributed by atoms with Gasteiger partial charge in [0.05, 0.1) is 22.3 Å². The lowest BCUT2D eigenvalue weighted by molar-refractivity contribution is -0.114. The van der Waals surface area contributed by atoms with E-state index in [-0.39, 0.29) is 40.0 Å². The number of aromatic nitrogens is 3. The molecule has 0 radical (unpaired) electrons. The number of nitrogens with zero attached hydrogens (tertiary/aromatic N) is 2. The maximum absolute atomic E-state index is 13.4. The molecule has 0 bridgehead atoms. The summed E-state index contributed by atoms with van der Waals surface area (Å²) in [6.07, 6.45) is 0. The van der Waals surface area contributed by atoms with Crippen molar-refractivity contribution in [3.05, 3.63) is 61.4 Å². The van der Waals surface area contributed by atoms with Gasteiger partial charge in [-0.1, -0.05) is 39.3 Å². The summed E-state index contributed by atoms with van der Waals surface area (Å²) < 4.78 is 1.38. The quantitative estimate of drug-likeness (QED) is 0.505. The Morgan fingerprint density at radius 3 is 2.39 bits per heavy atom. The van der Waals surface area contributed by atoms with Gasteiger partial charge in [0.15, 0.2) is 5.65 Å². The van der Waals surface area contributed by atoms with Crippen molar-refractivity contribution in [1.82, 2.24) is 14.5 Å². The lowest BCUT2D eigenvalue weighted by Crippen LogP contribution is -2.33. The number of pyridine rings is 1. The van der Waals surface area contributed by atoms with Gasteiger partial charge in [-0.3, -0.25) is 23.9 Å². The number of carbonyl (C=O) groups is 2. The number of hydrogen-bond acceptors (Lipinski definition) is 5. The average Bonchev–Trinajstić information content (AvgIpc) is 2.71. The number of halogens is 1.